The lowest BCUT2D eigenvalue weighted by Gasteiger charge is -2.19. The van der Waals surface area contributed by atoms with Crippen molar-refractivity contribution in [2.75, 3.05) is 26.3 Å². The first-order valence-corrected chi connectivity index (χ1v) is 7.52. The van der Waals surface area contributed by atoms with E-state index in [9.17, 15) is 4.55 Å². The van der Waals surface area contributed by atoms with E-state index in [2.05, 4.69) is 4.99 Å². The summed E-state index contributed by atoms with van der Waals surface area (Å²) in [6, 6.07) is 0. The Morgan fingerprint density at radius 2 is 2.24 bits per heavy atom. The molecule has 0 aliphatic carbocycles. The van der Waals surface area contributed by atoms with Gasteiger partial charge in [0.1, 0.15) is 23.6 Å². The summed E-state index contributed by atoms with van der Waals surface area (Å²) in [6.45, 7) is 4.22. The van der Waals surface area contributed by atoms with Crippen molar-refractivity contribution in [3.63, 3.8) is 0 Å². The molecule has 5 nitrogen and oxygen atoms in total. The maximum atomic E-state index is 10.4. The van der Waals surface area contributed by atoms with Gasteiger partial charge in [-0.15, -0.1) is 0 Å². The predicted molar refractivity (Wildman–Crippen MR) is 68.9 cm³/mol. The highest BCUT2D eigenvalue weighted by Crippen LogP contribution is 2.22. The molecule has 2 rings (SSSR count). The first-order chi connectivity index (χ1) is 8.01. The molecule has 3 unspecified atom stereocenters. The third kappa shape index (κ3) is 2.70. The van der Waals surface area contributed by atoms with Crippen LogP contribution in [0.15, 0.2) is 16.0 Å². The molecule has 1 fully saturated rings. The van der Waals surface area contributed by atoms with Gasteiger partial charge in [-0.2, -0.15) is 3.95 Å². The molecule has 2 aliphatic rings. The Labute approximate surface area is 107 Å². The third-order valence-electron chi connectivity index (χ3n) is 2.88. The van der Waals surface area contributed by atoms with Crippen LogP contribution in [0.1, 0.15) is 6.92 Å². The van der Waals surface area contributed by atoms with Crippen LogP contribution in [0.2, 0.25) is 0 Å². The van der Waals surface area contributed by atoms with Crippen LogP contribution in [0.25, 0.3) is 0 Å². The van der Waals surface area contributed by atoms with Gasteiger partial charge in [0, 0.05) is 12.1 Å². The summed E-state index contributed by atoms with van der Waals surface area (Å²) in [5.74, 6) is 0.0436. The third-order valence-corrected chi connectivity index (χ3v) is 5.40. The highest BCUT2D eigenvalue weighted by Gasteiger charge is 2.26. The summed E-state index contributed by atoms with van der Waals surface area (Å²) in [4.78, 5) is 4.68. The number of aliphatic imine (C=N–C) groups is 1. The van der Waals surface area contributed by atoms with Gasteiger partial charge in [0.25, 0.3) is 0 Å². The van der Waals surface area contributed by atoms with Crippen molar-refractivity contribution in [3.05, 3.63) is 11.0 Å². The lowest BCUT2D eigenvalue weighted by atomic mass is 10.1. The number of nitrogens with one attached hydrogen (secondary N) is 1. The zero-order chi connectivity index (χ0) is 12.5. The molecule has 0 aromatic carbocycles. The quantitative estimate of drug-likeness (QED) is 0.436. The normalized spacial score (nSPS) is 33.1. The Kier molecular flexibility index (Phi) is 3.87. The predicted octanol–water partition coefficient (Wildman–Crippen LogP) is 1.77. The molecular formula is C10H17ClN3O2S+. The molecule has 2 N–H and O–H groups in total. The number of hydrogen-bond acceptors (Lipinski definition) is 3. The van der Waals surface area contributed by atoms with Gasteiger partial charge in [0.15, 0.2) is 13.1 Å². The molecule has 0 aromatic rings. The smallest absolute Gasteiger partial charge is 0.200 e. The Hall–Kier alpha value is -0.430. The fourth-order valence-corrected chi connectivity index (χ4v) is 3.51. The number of dihydropyridines is 1. The highest BCUT2D eigenvalue weighted by atomic mass is 35.5. The number of alkyl halides is 1. The second-order valence-electron chi connectivity index (χ2n) is 4.17. The number of nitrogens with zero attached hydrogens (tertiary/aromatic N) is 2. The van der Waals surface area contributed by atoms with Crippen LogP contribution in [0, 0.1) is 10.7 Å². The molecule has 0 bridgehead atoms. The molecule has 2 heterocycles. The van der Waals surface area contributed by atoms with Crippen molar-refractivity contribution in [1.82, 2.24) is 0 Å². The second kappa shape index (κ2) is 5.06. The molecule has 96 valence electrons. The Morgan fingerprint density at radius 1 is 1.59 bits per heavy atom. The van der Waals surface area contributed by atoms with E-state index in [0.717, 1.165) is 0 Å². The number of ether oxygens (including phenoxy) is 1. The first-order valence-electron chi connectivity index (χ1n) is 5.54. The zero-order valence-corrected chi connectivity index (χ0v) is 11.2. The Morgan fingerprint density at radius 3 is 2.82 bits per heavy atom. The molecule has 0 amide bonds. The molecule has 3 atom stereocenters. The van der Waals surface area contributed by atoms with E-state index >= 15 is 0 Å². The highest BCUT2D eigenvalue weighted by molar-refractivity contribution is 7.91. The maximum Gasteiger partial charge on any atom is 0.200 e. The number of rotatable bonds is 1. The molecule has 1 saturated heterocycles. The number of allylic oxidation sites excluding steroid dienone is 1. The Bertz CT molecular complexity index is 472. The van der Waals surface area contributed by atoms with Gasteiger partial charge >= 0.3 is 0 Å². The number of halogens is 1. The van der Waals surface area contributed by atoms with Gasteiger partial charge in [-0.05, 0) is 0 Å². The molecule has 7 heteroatoms. The van der Waals surface area contributed by atoms with Gasteiger partial charge in [-0.25, -0.2) is 4.78 Å². The fraction of sp³-hybridized carbons (Fsp3) is 0.700. The molecule has 2 aliphatic heterocycles. The van der Waals surface area contributed by atoms with Crippen LogP contribution in [0.5, 0.6) is 0 Å². The summed E-state index contributed by atoms with van der Waals surface area (Å²) in [5.41, 5.74) is -0.293. The van der Waals surface area contributed by atoms with Gasteiger partial charge in [-0.3, -0.25) is 9.55 Å². The SMILES string of the molecule is CC1C=C(S(=N)(O)=[N+]2CCOCC2)C=NC1Cl. The summed E-state index contributed by atoms with van der Waals surface area (Å²) in [6.07, 6.45) is 3.39. The molecule has 0 aromatic heterocycles. The zero-order valence-electron chi connectivity index (χ0n) is 9.67. The minimum absolute atomic E-state index is 0.0436. The second-order valence-corrected chi connectivity index (χ2v) is 6.70. The summed E-state index contributed by atoms with van der Waals surface area (Å²) < 4.78 is 25.5. The summed E-state index contributed by atoms with van der Waals surface area (Å²) in [5, 5.41) is 0. The standard InChI is InChI=1S/C10H16ClN3O2S/c1-8-6-9(7-13-10(8)11)17(12,15)14-2-4-16-5-3-14/h6-8,10,12H,2-5H2,1H3/p+1. The first kappa shape index (κ1) is 13.0. The van der Waals surface area contributed by atoms with E-state index in [1.54, 1.807) is 3.95 Å². The van der Waals surface area contributed by atoms with Crippen molar-refractivity contribution in [3.8, 4) is 0 Å². The van der Waals surface area contributed by atoms with Crippen molar-refractivity contribution in [2.45, 2.75) is 12.4 Å². The van der Waals surface area contributed by atoms with E-state index in [4.69, 9.17) is 21.1 Å². The van der Waals surface area contributed by atoms with E-state index in [1.165, 1.54) is 6.21 Å². The van der Waals surface area contributed by atoms with Gasteiger partial charge in [-0.1, -0.05) is 24.6 Å². The van der Waals surface area contributed by atoms with E-state index in [-0.39, 0.29) is 11.4 Å². The monoisotopic (exact) mass is 278 g/mol. The van der Waals surface area contributed by atoms with Crippen LogP contribution in [-0.4, -0.2) is 46.5 Å². The fourth-order valence-electron chi connectivity index (χ4n) is 1.79. The van der Waals surface area contributed by atoms with Crippen molar-refractivity contribution in [1.29, 1.82) is 4.78 Å². The van der Waals surface area contributed by atoms with Crippen LogP contribution in [0.3, 0.4) is 0 Å². The van der Waals surface area contributed by atoms with Crippen molar-refractivity contribution < 1.29 is 13.2 Å². The van der Waals surface area contributed by atoms with E-state index in [1.807, 2.05) is 13.0 Å². The molecule has 0 saturated carbocycles. The van der Waals surface area contributed by atoms with Crippen molar-refractivity contribution in [2.24, 2.45) is 10.9 Å². The van der Waals surface area contributed by atoms with Crippen LogP contribution in [-0.2, 0) is 14.6 Å². The van der Waals surface area contributed by atoms with Crippen LogP contribution in [0.4, 0.5) is 0 Å². The lowest BCUT2D eigenvalue weighted by molar-refractivity contribution is -0.530. The minimum atomic E-state index is -2.68. The summed E-state index contributed by atoms with van der Waals surface area (Å²) >= 11 is 5.96. The topological polar surface area (TPSA) is 68.7 Å². The minimum Gasteiger partial charge on any atom is -0.368 e. The van der Waals surface area contributed by atoms with Gasteiger partial charge in [0.05, 0.1) is 0 Å². The average molecular weight is 279 g/mol. The van der Waals surface area contributed by atoms with Crippen LogP contribution >= 0.6 is 11.6 Å². The average Bonchev–Trinajstić information content (AvgIpc) is 2.33. The molecular weight excluding hydrogens is 262 g/mol. The molecule has 0 radical (unpaired) electrons. The maximum absolute atomic E-state index is 10.4. The molecule has 17 heavy (non-hydrogen) atoms. The van der Waals surface area contributed by atoms with E-state index in [0.29, 0.717) is 31.2 Å². The number of hydrogen-bond donors (Lipinski definition) is 2. The van der Waals surface area contributed by atoms with E-state index < -0.39 is 9.90 Å². The molecule has 0 spiro atoms. The number of morpholine rings is 1. The van der Waals surface area contributed by atoms with Gasteiger partial charge < -0.3 is 4.74 Å². The van der Waals surface area contributed by atoms with Crippen LogP contribution < -0.4 is 0 Å². The van der Waals surface area contributed by atoms with Gasteiger partial charge in [0.2, 0.25) is 9.90 Å². The Balaban J connectivity index is 2.36. The summed E-state index contributed by atoms with van der Waals surface area (Å²) in [7, 11) is -2.68. The van der Waals surface area contributed by atoms with Crippen molar-refractivity contribution >= 4 is 27.7 Å². The lowest BCUT2D eigenvalue weighted by Crippen LogP contribution is -2.34. The largest absolute Gasteiger partial charge is 0.368 e.